The van der Waals surface area contributed by atoms with Gasteiger partial charge in [-0.1, -0.05) is 53.0 Å². The van der Waals surface area contributed by atoms with Crippen LogP contribution in [0.3, 0.4) is 0 Å². The summed E-state index contributed by atoms with van der Waals surface area (Å²) in [6.07, 6.45) is 0. The largest absolute Gasteiger partial charge is 0.250 e. The first-order valence-electron chi connectivity index (χ1n) is 4.43. The van der Waals surface area contributed by atoms with E-state index in [2.05, 4.69) is 4.98 Å². The fourth-order valence-corrected chi connectivity index (χ4v) is 1.97. The minimum atomic E-state index is -0.647. The number of hydrogen-bond donors (Lipinski definition) is 0. The number of aryl methyl sites for hydroxylation is 1. The van der Waals surface area contributed by atoms with Gasteiger partial charge in [-0.15, -0.1) is 0 Å². The van der Waals surface area contributed by atoms with E-state index < -0.39 is 4.84 Å². The SMILES string of the molecule is Cc1cccc2c(Cl)cc(C(Cl)Cl)nc12. The van der Waals surface area contributed by atoms with Crippen molar-refractivity contribution in [1.29, 1.82) is 0 Å². The average Bonchev–Trinajstić information content (AvgIpc) is 2.19. The highest BCUT2D eigenvalue weighted by Crippen LogP contribution is 2.30. The number of para-hydroxylation sites is 1. The average molecular weight is 261 g/mol. The van der Waals surface area contributed by atoms with Crippen LogP contribution >= 0.6 is 34.8 Å². The summed E-state index contributed by atoms with van der Waals surface area (Å²) in [7, 11) is 0. The monoisotopic (exact) mass is 259 g/mol. The van der Waals surface area contributed by atoms with E-state index in [1.165, 1.54) is 0 Å². The molecule has 0 saturated carbocycles. The number of hydrogen-bond acceptors (Lipinski definition) is 1. The van der Waals surface area contributed by atoms with E-state index in [9.17, 15) is 0 Å². The molecule has 78 valence electrons. The molecule has 0 bridgehead atoms. The second-order valence-electron chi connectivity index (χ2n) is 3.30. The van der Waals surface area contributed by atoms with Crippen molar-refractivity contribution >= 4 is 45.7 Å². The lowest BCUT2D eigenvalue weighted by atomic mass is 10.1. The fourth-order valence-electron chi connectivity index (χ4n) is 1.48. The zero-order valence-electron chi connectivity index (χ0n) is 7.97. The molecule has 0 N–H and O–H groups in total. The Morgan fingerprint density at radius 3 is 2.67 bits per heavy atom. The van der Waals surface area contributed by atoms with Crippen LogP contribution < -0.4 is 0 Å². The molecule has 0 unspecified atom stereocenters. The predicted molar refractivity (Wildman–Crippen MR) is 65.9 cm³/mol. The molecule has 0 aliphatic carbocycles. The summed E-state index contributed by atoms with van der Waals surface area (Å²) in [6.45, 7) is 1.98. The second-order valence-corrected chi connectivity index (χ2v) is 4.80. The van der Waals surface area contributed by atoms with Gasteiger partial charge in [0.25, 0.3) is 0 Å². The number of halogens is 3. The Hall–Kier alpha value is -0.500. The number of fused-ring (bicyclic) bond motifs is 1. The fraction of sp³-hybridized carbons (Fsp3) is 0.182. The number of alkyl halides is 2. The summed E-state index contributed by atoms with van der Waals surface area (Å²) < 4.78 is 0. The van der Waals surface area contributed by atoms with Crippen LogP contribution in [0, 0.1) is 6.92 Å². The topological polar surface area (TPSA) is 12.9 Å². The van der Waals surface area contributed by atoms with Gasteiger partial charge < -0.3 is 0 Å². The highest BCUT2D eigenvalue weighted by atomic mass is 35.5. The highest BCUT2D eigenvalue weighted by Gasteiger charge is 2.10. The standard InChI is InChI=1S/C11H8Cl3N/c1-6-3-2-4-7-8(12)5-9(11(13)14)15-10(6)7/h2-5,11H,1H3. The third-order valence-corrected chi connectivity index (χ3v) is 2.99. The van der Waals surface area contributed by atoms with Gasteiger partial charge in [0.1, 0.15) is 4.84 Å². The van der Waals surface area contributed by atoms with Crippen LogP contribution in [0.25, 0.3) is 10.9 Å². The molecule has 15 heavy (non-hydrogen) atoms. The van der Waals surface area contributed by atoms with Crippen molar-refractivity contribution < 1.29 is 0 Å². The van der Waals surface area contributed by atoms with Gasteiger partial charge >= 0.3 is 0 Å². The van der Waals surface area contributed by atoms with Gasteiger partial charge in [-0.2, -0.15) is 0 Å². The van der Waals surface area contributed by atoms with E-state index in [4.69, 9.17) is 34.8 Å². The van der Waals surface area contributed by atoms with Crippen LogP contribution in [0.15, 0.2) is 24.3 Å². The van der Waals surface area contributed by atoms with Crippen LogP contribution in [0.1, 0.15) is 16.1 Å². The molecule has 4 heteroatoms. The van der Waals surface area contributed by atoms with Crippen LogP contribution in [-0.2, 0) is 0 Å². The molecular formula is C11H8Cl3N. The van der Waals surface area contributed by atoms with Crippen LogP contribution in [-0.4, -0.2) is 4.98 Å². The first kappa shape index (κ1) is 11.0. The van der Waals surface area contributed by atoms with E-state index in [0.717, 1.165) is 16.5 Å². The Kier molecular flexibility index (Phi) is 3.06. The first-order valence-corrected chi connectivity index (χ1v) is 5.68. The van der Waals surface area contributed by atoms with Crippen molar-refractivity contribution in [2.75, 3.05) is 0 Å². The molecule has 0 saturated heterocycles. The summed E-state index contributed by atoms with van der Waals surface area (Å²) in [5, 5.41) is 1.56. The summed E-state index contributed by atoms with van der Waals surface area (Å²) in [4.78, 5) is 3.74. The normalized spacial score (nSPS) is 11.3. The van der Waals surface area contributed by atoms with Gasteiger partial charge in [0.05, 0.1) is 16.2 Å². The van der Waals surface area contributed by atoms with Crippen LogP contribution in [0.4, 0.5) is 0 Å². The molecule has 2 aromatic rings. The number of pyridine rings is 1. The van der Waals surface area contributed by atoms with Crippen molar-refractivity contribution in [2.24, 2.45) is 0 Å². The Bertz CT molecular complexity index is 508. The van der Waals surface area contributed by atoms with E-state index >= 15 is 0 Å². The molecule has 0 radical (unpaired) electrons. The smallest absolute Gasteiger partial charge is 0.149 e. The molecule has 0 atom stereocenters. The minimum absolute atomic E-state index is 0.588. The zero-order valence-corrected chi connectivity index (χ0v) is 10.2. The Labute approximate surface area is 103 Å². The Balaban J connectivity index is 2.80. The second kappa shape index (κ2) is 4.17. The van der Waals surface area contributed by atoms with Gasteiger partial charge in [0, 0.05) is 5.39 Å². The van der Waals surface area contributed by atoms with Crippen molar-refractivity contribution in [3.8, 4) is 0 Å². The van der Waals surface area contributed by atoms with Gasteiger partial charge in [-0.3, -0.25) is 0 Å². The summed E-state index contributed by atoms with van der Waals surface area (Å²) in [6, 6.07) is 7.56. The Morgan fingerprint density at radius 1 is 1.27 bits per heavy atom. The van der Waals surface area contributed by atoms with Gasteiger partial charge in [0.15, 0.2) is 0 Å². The zero-order chi connectivity index (χ0) is 11.0. The maximum atomic E-state index is 6.12. The molecule has 1 aromatic carbocycles. The third kappa shape index (κ3) is 2.05. The van der Waals surface area contributed by atoms with Gasteiger partial charge in [-0.05, 0) is 18.6 Å². The molecule has 1 nitrogen and oxygen atoms in total. The molecule has 1 heterocycles. The van der Waals surface area contributed by atoms with E-state index in [-0.39, 0.29) is 0 Å². The molecule has 0 fully saturated rings. The molecule has 0 aliphatic heterocycles. The Morgan fingerprint density at radius 2 is 2.00 bits per heavy atom. The number of rotatable bonds is 1. The van der Waals surface area contributed by atoms with Gasteiger partial charge in [0.2, 0.25) is 0 Å². The quantitative estimate of drug-likeness (QED) is 0.679. The van der Waals surface area contributed by atoms with Crippen molar-refractivity contribution in [2.45, 2.75) is 11.8 Å². The molecule has 1 aromatic heterocycles. The summed E-state index contributed by atoms with van der Waals surface area (Å²) in [5.41, 5.74) is 2.50. The van der Waals surface area contributed by atoms with E-state index in [1.54, 1.807) is 6.07 Å². The number of aromatic nitrogens is 1. The van der Waals surface area contributed by atoms with E-state index in [1.807, 2.05) is 25.1 Å². The summed E-state index contributed by atoms with van der Waals surface area (Å²) in [5.74, 6) is 0. The lowest BCUT2D eigenvalue weighted by molar-refractivity contribution is 1.18. The molecule has 0 amide bonds. The third-order valence-electron chi connectivity index (χ3n) is 2.23. The van der Waals surface area contributed by atoms with E-state index in [0.29, 0.717) is 10.7 Å². The molecular weight excluding hydrogens is 252 g/mol. The molecule has 0 spiro atoms. The number of benzene rings is 1. The molecule has 0 aliphatic rings. The minimum Gasteiger partial charge on any atom is -0.250 e. The van der Waals surface area contributed by atoms with Crippen molar-refractivity contribution in [3.63, 3.8) is 0 Å². The van der Waals surface area contributed by atoms with Crippen molar-refractivity contribution in [3.05, 3.63) is 40.5 Å². The molecule has 2 rings (SSSR count). The van der Waals surface area contributed by atoms with Gasteiger partial charge in [-0.25, -0.2) is 4.98 Å². The first-order chi connectivity index (χ1) is 7.09. The maximum Gasteiger partial charge on any atom is 0.149 e. The summed E-state index contributed by atoms with van der Waals surface area (Å²) >= 11 is 17.7. The van der Waals surface area contributed by atoms with Crippen LogP contribution in [0.5, 0.6) is 0 Å². The van der Waals surface area contributed by atoms with Crippen LogP contribution in [0.2, 0.25) is 5.02 Å². The number of nitrogens with zero attached hydrogens (tertiary/aromatic N) is 1. The van der Waals surface area contributed by atoms with Crippen molar-refractivity contribution in [1.82, 2.24) is 4.98 Å². The lowest BCUT2D eigenvalue weighted by Gasteiger charge is -2.07. The highest BCUT2D eigenvalue weighted by molar-refractivity contribution is 6.44. The lowest BCUT2D eigenvalue weighted by Crippen LogP contribution is -1.92. The maximum absolute atomic E-state index is 6.12. The predicted octanol–water partition coefficient (Wildman–Crippen LogP) is 4.67.